The summed E-state index contributed by atoms with van der Waals surface area (Å²) in [5, 5.41) is 0. The topological polar surface area (TPSA) is 46.3 Å². The van der Waals surface area contributed by atoms with E-state index in [2.05, 4.69) is 11.8 Å². The van der Waals surface area contributed by atoms with Crippen molar-refractivity contribution in [1.82, 2.24) is 4.90 Å². The number of hydrogen-bond acceptors (Lipinski definition) is 2. The van der Waals surface area contributed by atoms with Crippen molar-refractivity contribution in [1.29, 1.82) is 0 Å². The van der Waals surface area contributed by atoms with Gasteiger partial charge in [0.25, 0.3) is 0 Å². The highest BCUT2D eigenvalue weighted by Crippen LogP contribution is 2.31. The Kier molecular flexibility index (Phi) is 3.85. The van der Waals surface area contributed by atoms with Crippen LogP contribution in [0.5, 0.6) is 0 Å². The summed E-state index contributed by atoms with van der Waals surface area (Å²) >= 11 is 0. The maximum Gasteiger partial charge on any atom is 0.225 e. The summed E-state index contributed by atoms with van der Waals surface area (Å²) in [5.41, 5.74) is 5.87. The Morgan fingerprint density at radius 1 is 1.19 bits per heavy atom. The second-order valence-electron chi connectivity index (χ2n) is 5.43. The first-order valence-corrected chi connectivity index (χ1v) is 6.75. The molecular formula is C13H24N2O. The van der Waals surface area contributed by atoms with E-state index >= 15 is 0 Å². The summed E-state index contributed by atoms with van der Waals surface area (Å²) in [5.74, 6) is 1.45. The number of rotatable bonds is 4. The average molecular weight is 224 g/mol. The highest BCUT2D eigenvalue weighted by molar-refractivity contribution is 5.79. The molecule has 0 unspecified atom stereocenters. The van der Waals surface area contributed by atoms with Crippen molar-refractivity contribution in [3.63, 3.8) is 0 Å². The Bertz CT molecular complexity index is 242. The summed E-state index contributed by atoms with van der Waals surface area (Å²) < 4.78 is 0. The highest BCUT2D eigenvalue weighted by atomic mass is 16.2. The van der Waals surface area contributed by atoms with E-state index in [1.54, 1.807) is 0 Å². The fourth-order valence-electron chi connectivity index (χ4n) is 2.61. The van der Waals surface area contributed by atoms with Crippen molar-refractivity contribution in [2.24, 2.45) is 17.6 Å². The number of amides is 1. The van der Waals surface area contributed by atoms with Crippen molar-refractivity contribution < 1.29 is 4.79 Å². The molecule has 0 bridgehead atoms. The third-order valence-electron chi connectivity index (χ3n) is 3.99. The standard InChI is InChI=1S/C13H24N2O/c1-2-15(9-10-3-4-10)13(16)11-5-7-12(14)8-6-11/h10-12H,2-9,14H2,1H3. The van der Waals surface area contributed by atoms with E-state index in [9.17, 15) is 4.79 Å². The highest BCUT2D eigenvalue weighted by Gasteiger charge is 2.31. The van der Waals surface area contributed by atoms with Crippen LogP contribution in [0.1, 0.15) is 45.4 Å². The van der Waals surface area contributed by atoms with E-state index in [4.69, 9.17) is 5.73 Å². The molecule has 0 aromatic carbocycles. The van der Waals surface area contributed by atoms with E-state index in [-0.39, 0.29) is 5.92 Å². The Morgan fingerprint density at radius 2 is 1.81 bits per heavy atom. The molecule has 0 atom stereocenters. The molecule has 2 aliphatic carbocycles. The molecule has 0 aromatic heterocycles. The van der Waals surface area contributed by atoms with Gasteiger partial charge in [-0.1, -0.05) is 0 Å². The van der Waals surface area contributed by atoms with Crippen molar-refractivity contribution in [2.45, 2.75) is 51.5 Å². The molecule has 0 saturated heterocycles. The van der Waals surface area contributed by atoms with E-state index in [0.717, 1.165) is 44.7 Å². The molecule has 0 radical (unpaired) electrons. The smallest absolute Gasteiger partial charge is 0.225 e. The van der Waals surface area contributed by atoms with Gasteiger partial charge in [0, 0.05) is 25.0 Å². The van der Waals surface area contributed by atoms with Crippen LogP contribution in [0.2, 0.25) is 0 Å². The Balaban J connectivity index is 1.83. The summed E-state index contributed by atoms with van der Waals surface area (Å²) in [6, 6.07) is 0.336. The summed E-state index contributed by atoms with van der Waals surface area (Å²) in [7, 11) is 0. The van der Waals surface area contributed by atoms with Gasteiger partial charge in [-0.2, -0.15) is 0 Å². The summed E-state index contributed by atoms with van der Waals surface area (Å²) in [6.07, 6.45) is 6.69. The lowest BCUT2D eigenvalue weighted by Gasteiger charge is -2.30. The van der Waals surface area contributed by atoms with Crippen LogP contribution in [0.3, 0.4) is 0 Å². The third kappa shape index (κ3) is 2.97. The minimum Gasteiger partial charge on any atom is -0.342 e. The first-order valence-electron chi connectivity index (χ1n) is 6.75. The van der Waals surface area contributed by atoms with Gasteiger partial charge in [0.05, 0.1) is 0 Å². The van der Waals surface area contributed by atoms with E-state index in [1.165, 1.54) is 12.8 Å². The minimum absolute atomic E-state index is 0.262. The molecule has 16 heavy (non-hydrogen) atoms. The van der Waals surface area contributed by atoms with E-state index < -0.39 is 0 Å². The van der Waals surface area contributed by atoms with E-state index in [1.807, 2.05) is 0 Å². The quantitative estimate of drug-likeness (QED) is 0.791. The summed E-state index contributed by atoms with van der Waals surface area (Å²) in [4.78, 5) is 14.4. The minimum atomic E-state index is 0.262. The molecule has 3 heteroatoms. The molecule has 1 amide bonds. The lowest BCUT2D eigenvalue weighted by Crippen LogP contribution is -2.40. The molecule has 2 rings (SSSR count). The van der Waals surface area contributed by atoms with Gasteiger partial charge in [-0.25, -0.2) is 0 Å². The lowest BCUT2D eigenvalue weighted by molar-refractivity contribution is -0.136. The van der Waals surface area contributed by atoms with Gasteiger partial charge < -0.3 is 10.6 Å². The zero-order valence-corrected chi connectivity index (χ0v) is 10.3. The predicted octanol–water partition coefficient (Wildman–Crippen LogP) is 1.76. The molecule has 0 heterocycles. The third-order valence-corrected chi connectivity index (χ3v) is 3.99. The number of hydrogen-bond donors (Lipinski definition) is 1. The first kappa shape index (κ1) is 11.9. The van der Waals surface area contributed by atoms with Gasteiger partial charge in [-0.15, -0.1) is 0 Å². The predicted molar refractivity (Wildman–Crippen MR) is 64.9 cm³/mol. The van der Waals surface area contributed by atoms with Crippen LogP contribution in [0, 0.1) is 11.8 Å². The first-order chi connectivity index (χ1) is 7.70. The van der Waals surface area contributed by atoms with Gasteiger partial charge >= 0.3 is 0 Å². The van der Waals surface area contributed by atoms with Crippen LogP contribution in [0.15, 0.2) is 0 Å². The van der Waals surface area contributed by atoms with Gasteiger partial charge in [-0.05, 0) is 51.4 Å². The molecule has 2 saturated carbocycles. The largest absolute Gasteiger partial charge is 0.342 e. The molecule has 0 spiro atoms. The fourth-order valence-corrected chi connectivity index (χ4v) is 2.61. The molecule has 92 valence electrons. The van der Waals surface area contributed by atoms with Gasteiger partial charge in [0.2, 0.25) is 5.91 Å². The van der Waals surface area contributed by atoms with Crippen LogP contribution >= 0.6 is 0 Å². The molecule has 3 nitrogen and oxygen atoms in total. The Morgan fingerprint density at radius 3 is 2.31 bits per heavy atom. The number of nitrogens with zero attached hydrogens (tertiary/aromatic N) is 1. The maximum absolute atomic E-state index is 12.3. The second-order valence-corrected chi connectivity index (χ2v) is 5.43. The molecule has 2 N–H and O–H groups in total. The maximum atomic E-state index is 12.3. The number of carbonyl (C=O) groups excluding carboxylic acids is 1. The zero-order chi connectivity index (χ0) is 11.5. The SMILES string of the molecule is CCN(CC1CC1)C(=O)C1CCC(N)CC1. The van der Waals surface area contributed by atoms with Crippen LogP contribution in [-0.4, -0.2) is 29.9 Å². The summed E-state index contributed by atoms with van der Waals surface area (Å²) in [6.45, 7) is 3.96. The normalized spacial score (nSPS) is 30.1. The molecule has 0 aliphatic heterocycles. The van der Waals surface area contributed by atoms with Crippen LogP contribution in [0.4, 0.5) is 0 Å². The zero-order valence-electron chi connectivity index (χ0n) is 10.3. The molecule has 0 aromatic rings. The number of nitrogens with two attached hydrogens (primary N) is 1. The van der Waals surface area contributed by atoms with Gasteiger partial charge in [0.1, 0.15) is 0 Å². The second kappa shape index (κ2) is 5.17. The van der Waals surface area contributed by atoms with Gasteiger partial charge in [-0.3, -0.25) is 4.79 Å². The Labute approximate surface area is 98.4 Å². The number of carbonyl (C=O) groups is 1. The molecule has 2 fully saturated rings. The lowest BCUT2D eigenvalue weighted by atomic mass is 9.85. The Hall–Kier alpha value is -0.570. The molecule has 2 aliphatic rings. The van der Waals surface area contributed by atoms with E-state index in [0.29, 0.717) is 11.9 Å². The van der Waals surface area contributed by atoms with Crippen molar-refractivity contribution >= 4 is 5.91 Å². The van der Waals surface area contributed by atoms with Crippen molar-refractivity contribution in [3.05, 3.63) is 0 Å². The van der Waals surface area contributed by atoms with Crippen LogP contribution in [0.25, 0.3) is 0 Å². The van der Waals surface area contributed by atoms with Crippen molar-refractivity contribution in [3.8, 4) is 0 Å². The fraction of sp³-hybridized carbons (Fsp3) is 0.923. The van der Waals surface area contributed by atoms with Crippen LogP contribution < -0.4 is 5.73 Å². The van der Waals surface area contributed by atoms with Crippen LogP contribution in [-0.2, 0) is 4.79 Å². The van der Waals surface area contributed by atoms with Gasteiger partial charge in [0.15, 0.2) is 0 Å². The monoisotopic (exact) mass is 224 g/mol. The van der Waals surface area contributed by atoms with Crippen molar-refractivity contribution in [2.75, 3.05) is 13.1 Å². The molecular weight excluding hydrogens is 200 g/mol. The average Bonchev–Trinajstić information content (AvgIpc) is 3.10.